The van der Waals surface area contributed by atoms with Crippen molar-refractivity contribution in [1.29, 1.82) is 0 Å². The van der Waals surface area contributed by atoms with Crippen LogP contribution in [0.5, 0.6) is 11.5 Å². The Labute approximate surface area is 159 Å². The van der Waals surface area contributed by atoms with Crippen molar-refractivity contribution in [2.24, 2.45) is 0 Å². The fourth-order valence-electron chi connectivity index (χ4n) is 3.16. The zero-order valence-corrected chi connectivity index (χ0v) is 16.3. The van der Waals surface area contributed by atoms with Crippen molar-refractivity contribution in [1.82, 2.24) is 5.32 Å². The summed E-state index contributed by atoms with van der Waals surface area (Å²) in [5.74, 6) is 1.28. The number of rotatable bonds is 4. The zero-order valence-electron chi connectivity index (χ0n) is 15.5. The molecule has 0 aromatic heterocycles. The van der Waals surface area contributed by atoms with Crippen LogP contribution in [-0.4, -0.2) is 17.6 Å². The van der Waals surface area contributed by atoms with Crippen molar-refractivity contribution in [3.63, 3.8) is 0 Å². The van der Waals surface area contributed by atoms with E-state index >= 15 is 0 Å². The fraction of sp³-hybridized carbons (Fsp3) is 0.381. The summed E-state index contributed by atoms with van der Waals surface area (Å²) in [6.07, 6.45) is 0.0819. The molecule has 138 valence electrons. The Balaban J connectivity index is 1.74. The van der Waals surface area contributed by atoms with E-state index in [4.69, 9.17) is 21.1 Å². The molecule has 26 heavy (non-hydrogen) atoms. The molecule has 0 spiro atoms. The molecule has 1 aliphatic heterocycles. The van der Waals surface area contributed by atoms with Gasteiger partial charge in [0.15, 0.2) is 6.10 Å². The predicted octanol–water partition coefficient (Wildman–Crippen LogP) is 4.83. The van der Waals surface area contributed by atoms with Gasteiger partial charge in [0, 0.05) is 17.0 Å². The SMILES string of the molecule is Cc1ccc2c(c1)[C@H](NC(=O)[C@H](C)Oc1ccc(Cl)cc1)CC(C)(C)O2. The van der Waals surface area contributed by atoms with E-state index < -0.39 is 6.10 Å². The van der Waals surface area contributed by atoms with Gasteiger partial charge < -0.3 is 14.8 Å². The number of amides is 1. The van der Waals surface area contributed by atoms with Gasteiger partial charge >= 0.3 is 0 Å². The van der Waals surface area contributed by atoms with E-state index in [0.29, 0.717) is 17.2 Å². The maximum absolute atomic E-state index is 12.7. The summed E-state index contributed by atoms with van der Waals surface area (Å²) in [5.41, 5.74) is 1.80. The first-order valence-electron chi connectivity index (χ1n) is 8.76. The van der Waals surface area contributed by atoms with Crippen LogP contribution in [-0.2, 0) is 4.79 Å². The average molecular weight is 374 g/mol. The number of carbonyl (C=O) groups is 1. The molecule has 1 amide bonds. The Morgan fingerprint density at radius 2 is 1.96 bits per heavy atom. The third-order valence-electron chi connectivity index (χ3n) is 4.43. The summed E-state index contributed by atoms with van der Waals surface area (Å²) in [5, 5.41) is 3.75. The number of benzene rings is 2. The van der Waals surface area contributed by atoms with E-state index in [1.165, 1.54) is 0 Å². The molecule has 0 saturated carbocycles. The number of nitrogens with one attached hydrogen (secondary N) is 1. The topological polar surface area (TPSA) is 47.6 Å². The molecule has 0 bridgehead atoms. The van der Waals surface area contributed by atoms with Gasteiger partial charge in [-0.15, -0.1) is 0 Å². The lowest BCUT2D eigenvalue weighted by atomic mass is 9.89. The van der Waals surface area contributed by atoms with Crippen molar-refractivity contribution in [2.45, 2.75) is 51.9 Å². The van der Waals surface area contributed by atoms with Gasteiger partial charge in [0.1, 0.15) is 17.1 Å². The van der Waals surface area contributed by atoms with Crippen molar-refractivity contribution in [3.8, 4) is 11.5 Å². The lowest BCUT2D eigenvalue weighted by molar-refractivity contribution is -0.128. The Morgan fingerprint density at radius 3 is 2.65 bits per heavy atom. The summed E-state index contributed by atoms with van der Waals surface area (Å²) in [6, 6.07) is 12.9. The van der Waals surface area contributed by atoms with Crippen LogP contribution in [0.4, 0.5) is 0 Å². The van der Waals surface area contributed by atoms with Crippen LogP contribution >= 0.6 is 11.6 Å². The minimum absolute atomic E-state index is 0.114. The first kappa shape index (κ1) is 18.6. The molecular formula is C21H24ClNO3. The van der Waals surface area contributed by atoms with Gasteiger partial charge in [-0.1, -0.05) is 29.3 Å². The van der Waals surface area contributed by atoms with Crippen molar-refractivity contribution in [2.75, 3.05) is 0 Å². The molecule has 1 aliphatic rings. The van der Waals surface area contributed by atoms with Gasteiger partial charge in [0.25, 0.3) is 5.91 Å². The molecule has 2 atom stereocenters. The Kier molecular flexibility index (Phi) is 5.15. The van der Waals surface area contributed by atoms with Crippen LogP contribution in [0.15, 0.2) is 42.5 Å². The lowest BCUT2D eigenvalue weighted by Gasteiger charge is -2.38. The maximum Gasteiger partial charge on any atom is 0.261 e. The Bertz CT molecular complexity index is 801. The molecule has 1 heterocycles. The second-order valence-electron chi connectivity index (χ2n) is 7.38. The van der Waals surface area contributed by atoms with Gasteiger partial charge in [0.2, 0.25) is 0 Å². The molecule has 0 radical (unpaired) electrons. The molecule has 4 nitrogen and oxygen atoms in total. The first-order valence-corrected chi connectivity index (χ1v) is 9.13. The fourth-order valence-corrected chi connectivity index (χ4v) is 3.29. The van der Waals surface area contributed by atoms with Crippen molar-refractivity contribution >= 4 is 17.5 Å². The van der Waals surface area contributed by atoms with E-state index in [1.807, 2.05) is 32.9 Å². The quantitative estimate of drug-likeness (QED) is 0.834. The number of carbonyl (C=O) groups excluding carboxylic acids is 1. The van der Waals surface area contributed by atoms with E-state index in [1.54, 1.807) is 31.2 Å². The summed E-state index contributed by atoms with van der Waals surface area (Å²) in [7, 11) is 0. The number of hydrogen-bond acceptors (Lipinski definition) is 3. The third kappa shape index (κ3) is 4.31. The van der Waals surface area contributed by atoms with Gasteiger partial charge in [-0.05, 0) is 58.0 Å². The van der Waals surface area contributed by atoms with Crippen LogP contribution in [0, 0.1) is 6.92 Å². The molecule has 2 aromatic carbocycles. The largest absolute Gasteiger partial charge is 0.487 e. The summed E-state index contributed by atoms with van der Waals surface area (Å²) in [6.45, 7) is 7.84. The number of aryl methyl sites for hydroxylation is 1. The minimum Gasteiger partial charge on any atom is -0.487 e. The van der Waals surface area contributed by atoms with Gasteiger partial charge in [-0.25, -0.2) is 0 Å². The number of halogens is 1. The highest BCUT2D eigenvalue weighted by atomic mass is 35.5. The molecular weight excluding hydrogens is 350 g/mol. The Morgan fingerprint density at radius 1 is 1.27 bits per heavy atom. The van der Waals surface area contributed by atoms with Crippen LogP contribution in [0.25, 0.3) is 0 Å². The number of fused-ring (bicyclic) bond motifs is 1. The summed E-state index contributed by atoms with van der Waals surface area (Å²) in [4.78, 5) is 12.7. The normalized spacial score (nSPS) is 19.0. The Hall–Kier alpha value is -2.20. The highest BCUT2D eigenvalue weighted by molar-refractivity contribution is 6.30. The molecule has 0 aliphatic carbocycles. The van der Waals surface area contributed by atoms with E-state index in [2.05, 4.69) is 11.4 Å². The number of hydrogen-bond donors (Lipinski definition) is 1. The monoisotopic (exact) mass is 373 g/mol. The molecule has 0 unspecified atom stereocenters. The van der Waals surface area contributed by atoms with Crippen LogP contribution in [0.3, 0.4) is 0 Å². The lowest BCUT2D eigenvalue weighted by Crippen LogP contribution is -2.44. The molecule has 5 heteroatoms. The van der Waals surface area contributed by atoms with Crippen LogP contribution in [0.1, 0.15) is 44.4 Å². The maximum atomic E-state index is 12.7. The average Bonchev–Trinajstić information content (AvgIpc) is 2.57. The second kappa shape index (κ2) is 7.20. The predicted molar refractivity (Wildman–Crippen MR) is 103 cm³/mol. The van der Waals surface area contributed by atoms with E-state index in [9.17, 15) is 4.79 Å². The highest BCUT2D eigenvalue weighted by Gasteiger charge is 2.35. The second-order valence-corrected chi connectivity index (χ2v) is 7.82. The standard InChI is InChI=1S/C21H24ClNO3/c1-13-5-10-19-17(11-13)18(12-21(3,4)26-19)23-20(24)14(2)25-16-8-6-15(22)7-9-16/h5-11,14,18H,12H2,1-4H3,(H,23,24)/t14-,18+/m0/s1. The van der Waals surface area contributed by atoms with Gasteiger partial charge in [-0.3, -0.25) is 4.79 Å². The van der Waals surface area contributed by atoms with Crippen molar-refractivity contribution in [3.05, 3.63) is 58.6 Å². The molecule has 0 saturated heterocycles. The van der Waals surface area contributed by atoms with Gasteiger partial charge in [-0.2, -0.15) is 0 Å². The zero-order chi connectivity index (χ0) is 18.9. The first-order chi connectivity index (χ1) is 12.2. The van der Waals surface area contributed by atoms with Crippen molar-refractivity contribution < 1.29 is 14.3 Å². The molecule has 1 N–H and O–H groups in total. The third-order valence-corrected chi connectivity index (χ3v) is 4.69. The van der Waals surface area contributed by atoms with Crippen LogP contribution in [0.2, 0.25) is 5.02 Å². The smallest absolute Gasteiger partial charge is 0.261 e. The van der Waals surface area contributed by atoms with E-state index in [0.717, 1.165) is 16.9 Å². The minimum atomic E-state index is -0.615. The molecule has 3 rings (SSSR count). The summed E-state index contributed by atoms with van der Waals surface area (Å²) < 4.78 is 11.8. The molecule has 0 fully saturated rings. The molecule has 2 aromatic rings. The van der Waals surface area contributed by atoms with Crippen LogP contribution < -0.4 is 14.8 Å². The van der Waals surface area contributed by atoms with E-state index in [-0.39, 0.29) is 17.6 Å². The van der Waals surface area contributed by atoms with Gasteiger partial charge in [0.05, 0.1) is 6.04 Å². The highest BCUT2D eigenvalue weighted by Crippen LogP contribution is 2.39. The summed E-state index contributed by atoms with van der Waals surface area (Å²) >= 11 is 5.88. The number of ether oxygens (including phenoxy) is 2.